The molecule has 7 heteroatoms. The molecule has 0 aliphatic rings. The highest BCUT2D eigenvalue weighted by atomic mass is 35.5. The Hall–Kier alpha value is -2.73. The minimum absolute atomic E-state index is 0.0306. The smallest absolute Gasteiger partial charge is 0.270 e. The first-order valence-electron chi connectivity index (χ1n) is 5.90. The second-order valence-corrected chi connectivity index (χ2v) is 4.47. The van der Waals surface area contributed by atoms with Gasteiger partial charge in [0.25, 0.3) is 5.69 Å². The molecular weight excluding hydrogens is 294 g/mol. The van der Waals surface area contributed by atoms with Crippen LogP contribution in [0.4, 0.5) is 11.5 Å². The van der Waals surface area contributed by atoms with Gasteiger partial charge in [-0.05, 0) is 23.8 Å². The van der Waals surface area contributed by atoms with Gasteiger partial charge in [0.1, 0.15) is 5.82 Å². The fourth-order valence-corrected chi connectivity index (χ4v) is 1.64. The van der Waals surface area contributed by atoms with Crippen LogP contribution in [0.5, 0.6) is 0 Å². The van der Waals surface area contributed by atoms with Gasteiger partial charge >= 0.3 is 0 Å². The molecule has 0 bridgehead atoms. The van der Waals surface area contributed by atoms with Crippen molar-refractivity contribution >= 4 is 35.1 Å². The molecule has 1 N–H and O–H groups in total. The summed E-state index contributed by atoms with van der Waals surface area (Å²) in [5.74, 6) is -0.0237. The Balaban J connectivity index is 2.03. The highest BCUT2D eigenvalue weighted by molar-refractivity contribution is 6.30. The summed E-state index contributed by atoms with van der Waals surface area (Å²) in [5, 5.41) is 13.7. The predicted octanol–water partition coefficient (Wildman–Crippen LogP) is 3.30. The number of non-ortho nitro benzene ring substituents is 1. The van der Waals surface area contributed by atoms with Crippen molar-refractivity contribution in [2.24, 2.45) is 0 Å². The Morgan fingerprint density at radius 3 is 2.81 bits per heavy atom. The molecule has 0 spiro atoms. The lowest BCUT2D eigenvalue weighted by Crippen LogP contribution is -2.08. The minimum atomic E-state index is -0.491. The van der Waals surface area contributed by atoms with Crippen LogP contribution in [0.3, 0.4) is 0 Å². The van der Waals surface area contributed by atoms with Crippen LogP contribution in [0.15, 0.2) is 48.7 Å². The number of rotatable bonds is 4. The van der Waals surface area contributed by atoms with Crippen molar-refractivity contribution in [1.29, 1.82) is 0 Å². The van der Waals surface area contributed by atoms with E-state index in [0.717, 1.165) is 0 Å². The third kappa shape index (κ3) is 4.39. The number of nitro groups is 1. The molecule has 1 aromatic carbocycles. The van der Waals surface area contributed by atoms with Crippen molar-refractivity contribution in [2.75, 3.05) is 5.32 Å². The fourth-order valence-electron chi connectivity index (χ4n) is 1.53. The number of aromatic nitrogens is 1. The third-order valence-electron chi connectivity index (χ3n) is 2.49. The average Bonchev–Trinajstić information content (AvgIpc) is 2.48. The van der Waals surface area contributed by atoms with Gasteiger partial charge in [0.05, 0.1) is 9.95 Å². The van der Waals surface area contributed by atoms with Crippen molar-refractivity contribution < 1.29 is 9.72 Å². The van der Waals surface area contributed by atoms with E-state index in [9.17, 15) is 14.9 Å². The standard InChI is InChI=1S/C14H10ClN3O3/c15-11-5-6-13(16-9-11)17-14(19)7-4-10-2-1-3-12(8-10)18(20)21/h1-9H,(H,16,17,19)/b7-4+. The SMILES string of the molecule is O=C(/C=C/c1cccc([N+](=O)[O-])c1)Nc1ccc(Cl)cn1. The normalized spacial score (nSPS) is 10.5. The van der Waals surface area contributed by atoms with Crippen molar-refractivity contribution in [3.8, 4) is 0 Å². The number of benzene rings is 1. The molecule has 0 unspecified atom stereocenters. The summed E-state index contributed by atoms with van der Waals surface area (Å²) < 4.78 is 0. The second-order valence-electron chi connectivity index (χ2n) is 4.04. The molecule has 1 heterocycles. The highest BCUT2D eigenvalue weighted by Crippen LogP contribution is 2.14. The zero-order valence-electron chi connectivity index (χ0n) is 10.7. The maximum atomic E-state index is 11.7. The molecule has 6 nitrogen and oxygen atoms in total. The van der Waals surface area contributed by atoms with Gasteiger partial charge in [-0.2, -0.15) is 0 Å². The lowest BCUT2D eigenvalue weighted by atomic mass is 10.2. The summed E-state index contributed by atoms with van der Waals surface area (Å²) in [6.45, 7) is 0. The van der Waals surface area contributed by atoms with Gasteiger partial charge in [-0.3, -0.25) is 14.9 Å². The van der Waals surface area contributed by atoms with Crippen LogP contribution in [0.25, 0.3) is 6.08 Å². The monoisotopic (exact) mass is 303 g/mol. The lowest BCUT2D eigenvalue weighted by Gasteiger charge is -2.00. The van der Waals surface area contributed by atoms with Crippen LogP contribution >= 0.6 is 11.6 Å². The number of hydrogen-bond acceptors (Lipinski definition) is 4. The number of carbonyl (C=O) groups excluding carboxylic acids is 1. The van der Waals surface area contributed by atoms with Gasteiger partial charge in [-0.1, -0.05) is 23.7 Å². The molecule has 2 aromatic rings. The average molecular weight is 304 g/mol. The van der Waals surface area contributed by atoms with Crippen LogP contribution in [0.2, 0.25) is 5.02 Å². The summed E-state index contributed by atoms with van der Waals surface area (Å²) in [6, 6.07) is 9.16. The molecule has 0 aliphatic carbocycles. The third-order valence-corrected chi connectivity index (χ3v) is 2.71. The Bertz CT molecular complexity index is 699. The number of amides is 1. The summed E-state index contributed by atoms with van der Waals surface area (Å²) in [7, 11) is 0. The van der Waals surface area contributed by atoms with Crippen LogP contribution in [0, 0.1) is 10.1 Å². The number of halogens is 1. The van der Waals surface area contributed by atoms with Gasteiger partial charge in [0.15, 0.2) is 0 Å². The number of hydrogen-bond donors (Lipinski definition) is 1. The zero-order valence-corrected chi connectivity index (χ0v) is 11.4. The van der Waals surface area contributed by atoms with E-state index in [2.05, 4.69) is 10.3 Å². The molecule has 106 valence electrons. The van der Waals surface area contributed by atoms with Crippen LogP contribution in [0.1, 0.15) is 5.56 Å². The molecule has 0 fully saturated rings. The van der Waals surface area contributed by atoms with E-state index in [1.807, 2.05) is 0 Å². The van der Waals surface area contributed by atoms with Gasteiger partial charge in [-0.25, -0.2) is 4.98 Å². The molecular formula is C14H10ClN3O3. The van der Waals surface area contributed by atoms with Crippen molar-refractivity contribution in [2.45, 2.75) is 0 Å². The minimum Gasteiger partial charge on any atom is -0.307 e. The van der Waals surface area contributed by atoms with E-state index in [1.165, 1.54) is 30.5 Å². The van der Waals surface area contributed by atoms with E-state index in [4.69, 9.17) is 11.6 Å². The number of nitrogens with one attached hydrogen (secondary N) is 1. The first-order chi connectivity index (χ1) is 10.0. The first-order valence-corrected chi connectivity index (χ1v) is 6.27. The molecule has 0 aliphatic heterocycles. The molecule has 0 saturated heterocycles. The van der Waals surface area contributed by atoms with Gasteiger partial charge in [-0.15, -0.1) is 0 Å². The Labute approximate surface area is 125 Å². The molecule has 1 amide bonds. The number of carbonyl (C=O) groups is 1. The van der Waals surface area contributed by atoms with E-state index in [-0.39, 0.29) is 5.69 Å². The summed E-state index contributed by atoms with van der Waals surface area (Å²) in [5.41, 5.74) is 0.528. The summed E-state index contributed by atoms with van der Waals surface area (Å²) in [6.07, 6.45) is 4.18. The Morgan fingerprint density at radius 2 is 2.14 bits per heavy atom. The number of pyridine rings is 1. The summed E-state index contributed by atoms with van der Waals surface area (Å²) in [4.78, 5) is 25.8. The van der Waals surface area contributed by atoms with Crippen LogP contribution < -0.4 is 5.32 Å². The molecule has 0 radical (unpaired) electrons. The number of nitrogens with zero attached hydrogens (tertiary/aromatic N) is 2. The van der Waals surface area contributed by atoms with Crippen LogP contribution in [-0.4, -0.2) is 15.8 Å². The van der Waals surface area contributed by atoms with Gasteiger partial charge in [0, 0.05) is 24.4 Å². The zero-order chi connectivity index (χ0) is 15.2. The second kappa shape index (κ2) is 6.62. The van der Waals surface area contributed by atoms with Crippen molar-refractivity contribution in [3.63, 3.8) is 0 Å². The Kier molecular flexibility index (Phi) is 4.63. The topological polar surface area (TPSA) is 85.1 Å². The molecule has 2 rings (SSSR count). The van der Waals surface area contributed by atoms with E-state index in [0.29, 0.717) is 16.4 Å². The van der Waals surface area contributed by atoms with Crippen molar-refractivity contribution in [1.82, 2.24) is 4.98 Å². The quantitative estimate of drug-likeness (QED) is 0.533. The van der Waals surface area contributed by atoms with Crippen molar-refractivity contribution in [3.05, 3.63) is 69.4 Å². The Morgan fingerprint density at radius 1 is 1.33 bits per heavy atom. The fraction of sp³-hybridized carbons (Fsp3) is 0. The van der Waals surface area contributed by atoms with E-state index in [1.54, 1.807) is 24.3 Å². The number of anilines is 1. The first kappa shape index (κ1) is 14.7. The lowest BCUT2D eigenvalue weighted by molar-refractivity contribution is -0.384. The summed E-state index contributed by atoms with van der Waals surface area (Å²) >= 11 is 5.69. The molecule has 0 saturated carbocycles. The maximum Gasteiger partial charge on any atom is 0.270 e. The number of nitro benzene ring substituents is 1. The largest absolute Gasteiger partial charge is 0.307 e. The predicted molar refractivity (Wildman–Crippen MR) is 80.0 cm³/mol. The molecule has 0 atom stereocenters. The van der Waals surface area contributed by atoms with E-state index < -0.39 is 10.8 Å². The van der Waals surface area contributed by atoms with Gasteiger partial charge < -0.3 is 5.32 Å². The van der Waals surface area contributed by atoms with Gasteiger partial charge in [0.2, 0.25) is 5.91 Å². The molecule has 21 heavy (non-hydrogen) atoms. The maximum absolute atomic E-state index is 11.7. The van der Waals surface area contributed by atoms with E-state index >= 15 is 0 Å². The molecule has 1 aromatic heterocycles. The van der Waals surface area contributed by atoms with Crippen LogP contribution in [-0.2, 0) is 4.79 Å². The highest BCUT2D eigenvalue weighted by Gasteiger charge is 2.04.